The Morgan fingerprint density at radius 2 is 0.774 bits per heavy atom. The van der Waals surface area contributed by atoms with Gasteiger partial charge in [0, 0.05) is 95.7 Å². The molecule has 13 heteroatoms. The number of hydroxylamine groups is 5. The molecular weight excluding hydrogens is 1200 g/mol. The minimum atomic E-state index is -2.31. The fourth-order valence-electron chi connectivity index (χ4n) is 11.7. The van der Waals surface area contributed by atoms with Crippen molar-refractivity contribution in [2.45, 2.75) is 241 Å². The molecule has 0 fully saturated rings. The molecule has 1 aliphatic heterocycles. The molecule has 93 heavy (non-hydrogen) atoms. The maximum atomic E-state index is 13.6. The fraction of sp³-hybridized carbons (Fsp3) is 0.463. The van der Waals surface area contributed by atoms with Crippen LogP contribution in [-0.4, -0.2) is 90.6 Å². The van der Waals surface area contributed by atoms with Gasteiger partial charge in [0.1, 0.15) is 6.04 Å². The number of benzene rings is 1. The zero-order chi connectivity index (χ0) is 70.4. The van der Waals surface area contributed by atoms with Gasteiger partial charge in [-0.2, -0.15) is 0 Å². The number of rotatable bonds is 10. The highest BCUT2D eigenvalue weighted by Gasteiger charge is 2.52. The van der Waals surface area contributed by atoms with Crippen molar-refractivity contribution in [1.82, 2.24) is 5.06 Å². The first-order valence-electron chi connectivity index (χ1n) is 33.2. The first-order chi connectivity index (χ1) is 42.5. The highest BCUT2D eigenvalue weighted by atomic mass is 28.3. The molecule has 0 saturated heterocycles. The number of hydrogen-bond donors (Lipinski definition) is 0. The smallest absolute Gasteiger partial charge is 0.234 e. The summed E-state index contributed by atoms with van der Waals surface area (Å²) in [6.45, 7) is 69.4. The van der Waals surface area contributed by atoms with Crippen LogP contribution in [0.5, 0.6) is 0 Å². The van der Waals surface area contributed by atoms with Crippen molar-refractivity contribution in [3.8, 4) is 33.4 Å². The van der Waals surface area contributed by atoms with E-state index in [0.717, 1.165) is 87.7 Å². The molecule has 498 valence electrons. The van der Waals surface area contributed by atoms with Crippen LogP contribution in [0.1, 0.15) is 202 Å². The van der Waals surface area contributed by atoms with Crippen LogP contribution >= 0.6 is 0 Å². The lowest BCUT2D eigenvalue weighted by Crippen LogP contribution is -2.53. The molecule has 7 aliphatic rings. The predicted octanol–water partition coefficient (Wildman–Crippen LogP) is 19.5. The van der Waals surface area contributed by atoms with Gasteiger partial charge in [0.2, 0.25) is 5.70 Å². The van der Waals surface area contributed by atoms with Gasteiger partial charge < -0.3 is 20.5 Å². The minimum Gasteiger partial charge on any atom is -0.623 e. The van der Waals surface area contributed by atoms with Gasteiger partial charge in [0.15, 0.2) is 47.3 Å². The Balaban J connectivity index is 0.000000231. The number of hydrogen-bond acceptors (Lipinski definition) is 6. The molecule has 1 aromatic rings. The quantitative estimate of drug-likeness (QED) is 0.0256. The summed E-state index contributed by atoms with van der Waals surface area (Å²) in [6, 6.07) is 40.4. The summed E-state index contributed by atoms with van der Waals surface area (Å²) in [5.74, 6) is 0.599. The lowest BCUT2D eigenvalue weighted by Gasteiger charge is -2.41. The van der Waals surface area contributed by atoms with Gasteiger partial charge in [0.25, 0.3) is 0 Å². The first kappa shape index (κ1) is 75.1. The van der Waals surface area contributed by atoms with Crippen LogP contribution in [0.3, 0.4) is 0 Å². The minimum absolute atomic E-state index is 0.0252. The summed E-state index contributed by atoms with van der Waals surface area (Å²) in [4.78, 5) is 23.0. The van der Waals surface area contributed by atoms with Gasteiger partial charge >= 0.3 is 0 Å². The van der Waals surface area contributed by atoms with Crippen molar-refractivity contribution in [3.05, 3.63) is 193 Å². The van der Waals surface area contributed by atoms with Crippen LogP contribution in [0.4, 0.5) is 0 Å². The van der Waals surface area contributed by atoms with Gasteiger partial charge in [-0.1, -0.05) is 230 Å². The Bertz CT molecular complexity index is 3910. The van der Waals surface area contributed by atoms with Crippen molar-refractivity contribution in [1.29, 1.82) is 0 Å². The molecule has 10 nitrogen and oxygen atoms in total. The number of carbonyl (C=O) groups excluding carboxylic acids is 1. The third-order valence-corrected chi connectivity index (χ3v) is 36.9. The Kier molecular flexibility index (Phi) is 21.8. The van der Waals surface area contributed by atoms with Crippen molar-refractivity contribution < 1.29 is 23.8 Å². The lowest BCUT2D eigenvalue weighted by molar-refractivity contribution is -0.530. The molecule has 0 aromatic heterocycles. The standard InChI is InChI=1S/C35H45N3O2Si.C23H35NOSi.C22H31NO2Si/c1-33(2,3)37(39)23-27-25-21-17-14-18-22-26(25)28(32(27)41(11,12)35(7,8)9)30-29(36-10)31(24-19-15-13-16-20-24)40-38(30)34(4,5)6;1-10-17-18-14-12-11-13-15-19(18)20(16-24(25)22(2,3)4)21(17)26(8,9)23(5,6)7;1-21(2,3)23(25)14-18-16-12-10-9-11-13-17(16)19(15-24)20(18)26(7,8)22(4,5)6/h13-23,30H,1-9,11-12H3;11-16H,10H2,1-9H3;9-15H,1-8H3/b37-23-;24-16-;23-14-. The molecule has 0 saturated carbocycles. The van der Waals surface area contributed by atoms with E-state index in [4.69, 9.17) is 11.4 Å². The summed E-state index contributed by atoms with van der Waals surface area (Å²) >= 11 is 0. The summed E-state index contributed by atoms with van der Waals surface area (Å²) in [5.41, 5.74) is 12.2. The molecule has 1 aromatic carbocycles. The number of fused-ring (bicyclic) bond motifs is 3. The number of carbonyl (C=O) groups is 1. The van der Waals surface area contributed by atoms with Crippen molar-refractivity contribution >= 4 is 70.5 Å². The Morgan fingerprint density at radius 3 is 1.13 bits per heavy atom. The fourth-order valence-corrected chi connectivity index (χ4v) is 19.5. The molecule has 0 N–H and O–H groups in total. The van der Waals surface area contributed by atoms with E-state index in [1.54, 1.807) is 12.4 Å². The predicted molar refractivity (Wildman–Crippen MR) is 405 cm³/mol. The van der Waals surface area contributed by atoms with Crippen LogP contribution in [0.15, 0.2) is 127 Å². The molecule has 1 heterocycles. The highest BCUT2D eigenvalue weighted by Crippen LogP contribution is 2.52. The normalized spacial score (nSPS) is 15.6. The van der Waals surface area contributed by atoms with E-state index in [1.807, 2.05) is 146 Å². The molecule has 0 amide bonds. The van der Waals surface area contributed by atoms with E-state index >= 15 is 0 Å². The second-order valence-electron chi connectivity index (χ2n) is 34.0. The summed E-state index contributed by atoms with van der Waals surface area (Å²) < 4.78 is 3.23. The summed E-state index contributed by atoms with van der Waals surface area (Å²) in [5, 5.41) is 45.2. The van der Waals surface area contributed by atoms with Crippen molar-refractivity contribution in [3.63, 3.8) is 0 Å². The van der Waals surface area contributed by atoms with Gasteiger partial charge in [-0.05, 0) is 102 Å². The maximum absolute atomic E-state index is 13.6. The lowest BCUT2D eigenvalue weighted by atomic mass is 9.96. The third-order valence-electron chi connectivity index (χ3n) is 20.2. The van der Waals surface area contributed by atoms with E-state index in [0.29, 0.717) is 11.5 Å². The average Bonchev–Trinajstić information content (AvgIpc) is 1.58. The van der Waals surface area contributed by atoms with E-state index in [9.17, 15) is 20.4 Å². The average molecular weight is 1310 g/mol. The molecule has 0 spiro atoms. The van der Waals surface area contributed by atoms with E-state index in [1.165, 1.54) is 27.1 Å². The Hall–Kier alpha value is -6.96. The molecule has 1 atom stereocenters. The van der Waals surface area contributed by atoms with Crippen LogP contribution in [0.25, 0.3) is 44.0 Å². The van der Waals surface area contributed by atoms with Crippen molar-refractivity contribution in [2.24, 2.45) is 0 Å². The molecule has 0 radical (unpaired) electrons. The second kappa shape index (κ2) is 27.0. The number of aldehydes is 1. The van der Waals surface area contributed by atoms with Gasteiger partial charge in [-0.3, -0.25) is 4.79 Å². The zero-order valence-electron chi connectivity index (χ0n) is 61.9. The highest BCUT2D eigenvalue weighted by molar-refractivity contribution is 6.94. The van der Waals surface area contributed by atoms with Gasteiger partial charge in [0.05, 0.1) is 30.8 Å². The second-order valence-corrected chi connectivity index (χ2v) is 49.8. The van der Waals surface area contributed by atoms with Crippen LogP contribution < -0.4 is 15.6 Å². The molecular formula is C80H111N5O5Si3. The van der Waals surface area contributed by atoms with Crippen LogP contribution in [0, 0.1) is 22.2 Å². The van der Waals surface area contributed by atoms with Gasteiger partial charge in [-0.25, -0.2) is 19.1 Å². The monoisotopic (exact) mass is 1310 g/mol. The SMILES string of the molecule is CC(C)(C)/[N+]([O-])=C/c1c2cccccc-2c(C=O)c1[Si](C)(C)C(C)(C)C.CCc1c2cccccc-2c(/C=[N+](\[O-])C(C)(C)C)c1[Si](C)(C)C(C)(C)C.[C-]#[N+]C1=C(c2ccccc2)ON(C(C)(C)C)C1c1c2cccccc-2c(/C=[N+](\[O-])C(C)(C)C)c1[Si](C)(C)C(C)(C)C. The van der Waals surface area contributed by atoms with Crippen LogP contribution in [-0.2, 0) is 11.3 Å². The Morgan fingerprint density at radius 1 is 0.462 bits per heavy atom. The molecule has 6 aliphatic carbocycles. The van der Waals surface area contributed by atoms with E-state index in [2.05, 4.69) is 183 Å². The topological polar surface area (TPSA) is 112 Å². The molecule has 0 bridgehead atoms. The largest absolute Gasteiger partial charge is 0.623 e. The molecule has 1 unspecified atom stereocenters. The van der Waals surface area contributed by atoms with E-state index < -0.39 is 52.4 Å². The van der Waals surface area contributed by atoms with Crippen molar-refractivity contribution in [2.75, 3.05) is 0 Å². The Labute approximate surface area is 563 Å². The van der Waals surface area contributed by atoms with Crippen LogP contribution in [0.2, 0.25) is 54.4 Å². The summed E-state index contributed by atoms with van der Waals surface area (Å²) in [7, 11) is -6.19. The summed E-state index contributed by atoms with van der Waals surface area (Å²) in [6.07, 6.45) is 7.33. The van der Waals surface area contributed by atoms with Gasteiger partial charge in [-0.15, -0.1) is 5.06 Å². The molecule has 8 rings (SSSR count). The first-order valence-corrected chi connectivity index (χ1v) is 42.2. The van der Waals surface area contributed by atoms with E-state index in [-0.39, 0.29) is 15.1 Å². The third kappa shape index (κ3) is 15.3. The maximum Gasteiger partial charge on any atom is 0.234 e. The zero-order valence-corrected chi connectivity index (χ0v) is 64.9. The number of nitrogens with zero attached hydrogens (tertiary/aromatic N) is 5.